The van der Waals surface area contributed by atoms with Crippen molar-refractivity contribution < 1.29 is 9.90 Å². The van der Waals surface area contributed by atoms with Crippen LogP contribution in [0.25, 0.3) is 16.6 Å². The fourth-order valence-electron chi connectivity index (χ4n) is 2.91. The number of rotatable bonds is 1. The van der Waals surface area contributed by atoms with E-state index in [0.29, 0.717) is 12.1 Å². The Balaban J connectivity index is 0.00000121. The van der Waals surface area contributed by atoms with Gasteiger partial charge in [0.2, 0.25) is 0 Å². The molecule has 0 unspecified atom stereocenters. The van der Waals surface area contributed by atoms with Gasteiger partial charge in [-0.2, -0.15) is 0 Å². The molecule has 2 heterocycles. The van der Waals surface area contributed by atoms with Crippen LogP contribution in [0, 0.1) is 0 Å². The molecule has 1 aromatic heterocycles. The first kappa shape index (κ1) is 12.8. The van der Waals surface area contributed by atoms with Crippen LogP contribution in [0.1, 0.15) is 11.1 Å². The lowest BCUT2D eigenvalue weighted by atomic mass is 10.1. The highest BCUT2D eigenvalue weighted by Gasteiger charge is 2.25. The molecule has 102 valence electrons. The van der Waals surface area contributed by atoms with E-state index in [2.05, 4.69) is 28.5 Å². The molecule has 0 radical (unpaired) electrons. The first-order valence-corrected chi connectivity index (χ1v) is 6.23. The molecular weight excluding hydrogens is 276 g/mol. The van der Waals surface area contributed by atoms with Gasteiger partial charge in [0, 0.05) is 41.3 Å². The third-order valence-corrected chi connectivity index (χ3v) is 3.83. The molecule has 2 aliphatic rings. The summed E-state index contributed by atoms with van der Waals surface area (Å²) in [6.07, 6.45) is 4.54. The third kappa shape index (κ3) is 1.72. The Morgan fingerprint density at radius 3 is 2.95 bits per heavy atom. The van der Waals surface area contributed by atoms with Crippen LogP contribution in [0.15, 0.2) is 41.6 Å². The Labute approximate surface area is 121 Å². The predicted molar refractivity (Wildman–Crippen MR) is 79.9 cm³/mol. The number of carboxylic acids is 1. The average molecular weight is 289 g/mol. The van der Waals surface area contributed by atoms with Crippen molar-refractivity contribution >= 4 is 35.0 Å². The van der Waals surface area contributed by atoms with Gasteiger partial charge in [-0.25, -0.2) is 4.79 Å². The normalized spacial score (nSPS) is 16.1. The predicted octanol–water partition coefficient (Wildman–Crippen LogP) is 2.47. The number of hydrogen-bond donors (Lipinski definition) is 3. The van der Waals surface area contributed by atoms with Crippen LogP contribution >= 0.6 is 12.4 Å². The van der Waals surface area contributed by atoms with E-state index in [1.807, 2.05) is 12.3 Å². The highest BCUT2D eigenvalue weighted by molar-refractivity contribution is 5.93. The van der Waals surface area contributed by atoms with E-state index in [9.17, 15) is 4.79 Å². The fraction of sp³-hybridized carbons (Fsp3) is 0.133. The maximum Gasteiger partial charge on any atom is 0.333 e. The van der Waals surface area contributed by atoms with Gasteiger partial charge in [-0.1, -0.05) is 0 Å². The van der Waals surface area contributed by atoms with Gasteiger partial charge in [-0.3, -0.25) is 0 Å². The van der Waals surface area contributed by atoms with Crippen LogP contribution in [-0.4, -0.2) is 22.6 Å². The number of benzene rings is 1. The van der Waals surface area contributed by atoms with Crippen molar-refractivity contribution in [1.82, 2.24) is 10.3 Å². The summed E-state index contributed by atoms with van der Waals surface area (Å²) in [5.41, 5.74) is 6.16. The van der Waals surface area contributed by atoms with Crippen LogP contribution < -0.4 is 5.32 Å². The number of aromatic nitrogens is 1. The molecule has 1 aliphatic carbocycles. The molecule has 0 fully saturated rings. The molecular formula is C15H13ClN2O2. The number of nitrogens with one attached hydrogen (secondary N) is 2. The van der Waals surface area contributed by atoms with Crippen LogP contribution in [-0.2, 0) is 11.2 Å². The monoisotopic (exact) mass is 288 g/mol. The Morgan fingerprint density at radius 2 is 2.15 bits per heavy atom. The molecule has 2 aromatic rings. The summed E-state index contributed by atoms with van der Waals surface area (Å²) in [7, 11) is 0. The van der Waals surface area contributed by atoms with Gasteiger partial charge in [0.25, 0.3) is 0 Å². The van der Waals surface area contributed by atoms with Gasteiger partial charge in [0.15, 0.2) is 0 Å². The number of fused-ring (bicyclic) bond motifs is 3. The number of halogens is 1. The Bertz CT molecular complexity index is 786. The maximum absolute atomic E-state index is 11.0. The molecule has 3 N–H and O–H groups in total. The zero-order valence-corrected chi connectivity index (χ0v) is 11.4. The Kier molecular flexibility index (Phi) is 2.83. The van der Waals surface area contributed by atoms with Crippen molar-refractivity contribution in [1.29, 1.82) is 0 Å². The number of carbonyl (C=O) groups is 1. The minimum absolute atomic E-state index is 0. The summed E-state index contributed by atoms with van der Waals surface area (Å²) in [5, 5.41) is 13.5. The summed E-state index contributed by atoms with van der Waals surface area (Å²) < 4.78 is 0. The Morgan fingerprint density at radius 1 is 1.30 bits per heavy atom. The van der Waals surface area contributed by atoms with Crippen molar-refractivity contribution in [2.75, 3.05) is 6.54 Å². The Hall–Kier alpha value is -2.20. The number of allylic oxidation sites excluding steroid dienone is 2. The lowest BCUT2D eigenvalue weighted by Gasteiger charge is -2.16. The number of dihydropyridines is 1. The van der Waals surface area contributed by atoms with Crippen LogP contribution in [0.3, 0.4) is 0 Å². The van der Waals surface area contributed by atoms with E-state index in [0.717, 1.165) is 23.2 Å². The standard InChI is InChI=1S/C15H12N2O2.ClH/c18-15(19)11-4-10-3-9-6-13-8(1-2-16-13)5-12(9)14(10)17-7-11;/h1-2,4-6,16-17H,3,7H2,(H,18,19);1H. The van der Waals surface area contributed by atoms with Gasteiger partial charge in [-0.15, -0.1) is 12.4 Å². The molecule has 1 aliphatic heterocycles. The highest BCUT2D eigenvalue weighted by Crippen LogP contribution is 2.36. The van der Waals surface area contributed by atoms with E-state index in [1.54, 1.807) is 0 Å². The number of H-pyrrole nitrogens is 1. The average Bonchev–Trinajstić information content (AvgIpc) is 2.97. The topological polar surface area (TPSA) is 65.1 Å². The number of aliphatic carboxylic acids is 1. The summed E-state index contributed by atoms with van der Waals surface area (Å²) in [6.45, 7) is 0.388. The second kappa shape index (κ2) is 4.42. The summed E-state index contributed by atoms with van der Waals surface area (Å²) in [5.74, 6) is -0.845. The number of carboxylic acid groups (broad SMARTS) is 1. The SMILES string of the molecule is Cl.O=C(O)C1=CC2=C(NC1)c1cc3cc[nH]c3cc1C2. The zero-order valence-electron chi connectivity index (χ0n) is 10.6. The molecule has 0 amide bonds. The maximum atomic E-state index is 11.0. The van der Waals surface area contributed by atoms with Crippen molar-refractivity contribution in [2.24, 2.45) is 0 Å². The van der Waals surface area contributed by atoms with E-state index in [-0.39, 0.29) is 12.4 Å². The summed E-state index contributed by atoms with van der Waals surface area (Å²) >= 11 is 0. The molecule has 0 bridgehead atoms. The second-order valence-corrected chi connectivity index (χ2v) is 4.98. The molecule has 0 spiro atoms. The van der Waals surface area contributed by atoms with E-state index in [4.69, 9.17) is 5.11 Å². The van der Waals surface area contributed by atoms with E-state index < -0.39 is 5.97 Å². The first-order chi connectivity index (χ1) is 9.22. The summed E-state index contributed by atoms with van der Waals surface area (Å²) in [4.78, 5) is 14.2. The van der Waals surface area contributed by atoms with Gasteiger partial charge in [0.05, 0.1) is 5.57 Å². The highest BCUT2D eigenvalue weighted by atomic mass is 35.5. The lowest BCUT2D eigenvalue weighted by molar-refractivity contribution is -0.132. The second-order valence-electron chi connectivity index (χ2n) is 4.98. The van der Waals surface area contributed by atoms with Crippen LogP contribution in [0.4, 0.5) is 0 Å². The van der Waals surface area contributed by atoms with E-state index in [1.165, 1.54) is 16.5 Å². The minimum Gasteiger partial charge on any atom is -0.478 e. The quantitative estimate of drug-likeness (QED) is 0.755. The van der Waals surface area contributed by atoms with Gasteiger partial charge in [0.1, 0.15) is 0 Å². The molecule has 0 saturated heterocycles. The van der Waals surface area contributed by atoms with Gasteiger partial charge < -0.3 is 15.4 Å². The largest absolute Gasteiger partial charge is 0.478 e. The zero-order chi connectivity index (χ0) is 13.0. The van der Waals surface area contributed by atoms with Gasteiger partial charge >= 0.3 is 5.97 Å². The lowest BCUT2D eigenvalue weighted by Crippen LogP contribution is -2.23. The minimum atomic E-state index is -0.845. The molecule has 5 heteroatoms. The van der Waals surface area contributed by atoms with E-state index >= 15 is 0 Å². The smallest absolute Gasteiger partial charge is 0.333 e. The van der Waals surface area contributed by atoms with Gasteiger partial charge in [-0.05, 0) is 35.4 Å². The fourth-order valence-corrected chi connectivity index (χ4v) is 2.91. The van der Waals surface area contributed by atoms with Crippen molar-refractivity contribution in [2.45, 2.75) is 6.42 Å². The molecule has 0 saturated carbocycles. The van der Waals surface area contributed by atoms with Crippen molar-refractivity contribution in [3.05, 3.63) is 52.7 Å². The third-order valence-electron chi connectivity index (χ3n) is 3.83. The number of hydrogen-bond acceptors (Lipinski definition) is 2. The van der Waals surface area contributed by atoms with Crippen molar-refractivity contribution in [3.63, 3.8) is 0 Å². The molecule has 4 rings (SSSR count). The number of aromatic amines is 1. The van der Waals surface area contributed by atoms with Crippen LogP contribution in [0.2, 0.25) is 0 Å². The van der Waals surface area contributed by atoms with Crippen LogP contribution in [0.5, 0.6) is 0 Å². The first-order valence-electron chi connectivity index (χ1n) is 6.23. The molecule has 1 aromatic carbocycles. The molecule has 20 heavy (non-hydrogen) atoms. The molecule has 4 nitrogen and oxygen atoms in total. The molecule has 0 atom stereocenters. The summed E-state index contributed by atoms with van der Waals surface area (Å²) in [6, 6.07) is 6.37. The van der Waals surface area contributed by atoms with Crippen molar-refractivity contribution in [3.8, 4) is 0 Å².